The molecule has 0 saturated heterocycles. The van der Waals surface area contributed by atoms with Crippen LogP contribution in [0.3, 0.4) is 0 Å². The van der Waals surface area contributed by atoms with Crippen LogP contribution in [0.15, 0.2) is 4.52 Å². The van der Waals surface area contributed by atoms with Crippen LogP contribution >= 0.6 is 0 Å². The maximum absolute atomic E-state index is 11.6. The fourth-order valence-corrected chi connectivity index (χ4v) is 1.46. The van der Waals surface area contributed by atoms with Crippen molar-refractivity contribution in [2.24, 2.45) is 0 Å². The number of hydrogen-bond acceptors (Lipinski definition) is 5. The minimum atomic E-state index is -0.559. The van der Waals surface area contributed by atoms with E-state index in [0.29, 0.717) is 18.1 Å². The van der Waals surface area contributed by atoms with Gasteiger partial charge in [-0.15, -0.1) is 0 Å². The molecule has 2 unspecified atom stereocenters. The molecule has 2 atom stereocenters. The van der Waals surface area contributed by atoms with Crippen molar-refractivity contribution in [3.05, 3.63) is 11.7 Å². The average molecular weight is 240 g/mol. The van der Waals surface area contributed by atoms with E-state index in [-0.39, 0.29) is 11.7 Å². The Balaban J connectivity index is 2.95. The monoisotopic (exact) mass is 240 g/mol. The maximum atomic E-state index is 11.6. The lowest BCUT2D eigenvalue weighted by molar-refractivity contribution is -0.120. The quantitative estimate of drug-likeness (QED) is 0.764. The summed E-state index contributed by atoms with van der Waals surface area (Å²) in [5.74, 6) is 0.604. The standard InChI is InChI=1S/C12H20N2O3/c1-6-9(15)8(3)10-13-11(14-17-10)12(4,7-2)16-5/h8H,6-7H2,1-5H3. The van der Waals surface area contributed by atoms with Crippen molar-refractivity contribution < 1.29 is 14.1 Å². The summed E-state index contributed by atoms with van der Waals surface area (Å²) in [7, 11) is 1.61. The Labute approximate surface area is 102 Å². The fraction of sp³-hybridized carbons (Fsp3) is 0.750. The van der Waals surface area contributed by atoms with Gasteiger partial charge in [0.2, 0.25) is 11.7 Å². The molecule has 5 heteroatoms. The third kappa shape index (κ3) is 2.72. The molecule has 0 radical (unpaired) electrons. The van der Waals surface area contributed by atoms with E-state index < -0.39 is 5.60 Å². The van der Waals surface area contributed by atoms with Crippen LogP contribution in [0.5, 0.6) is 0 Å². The van der Waals surface area contributed by atoms with Crippen LogP contribution in [0.4, 0.5) is 0 Å². The van der Waals surface area contributed by atoms with E-state index in [0.717, 1.165) is 6.42 Å². The van der Waals surface area contributed by atoms with Gasteiger partial charge >= 0.3 is 0 Å². The SMILES string of the molecule is CCC(=O)C(C)c1nc(C(C)(CC)OC)no1. The largest absolute Gasteiger partial charge is 0.370 e. The number of hydrogen-bond donors (Lipinski definition) is 0. The number of Topliss-reactive ketones (excluding diaryl/α,β-unsaturated/α-hetero) is 1. The molecule has 0 spiro atoms. The van der Waals surface area contributed by atoms with Gasteiger partial charge in [-0.2, -0.15) is 4.98 Å². The van der Waals surface area contributed by atoms with Crippen LogP contribution in [-0.4, -0.2) is 23.0 Å². The van der Waals surface area contributed by atoms with E-state index >= 15 is 0 Å². The van der Waals surface area contributed by atoms with Gasteiger partial charge in [0.1, 0.15) is 11.4 Å². The molecular weight excluding hydrogens is 220 g/mol. The number of ether oxygens (including phenoxy) is 1. The highest BCUT2D eigenvalue weighted by atomic mass is 16.5. The Morgan fingerprint density at radius 2 is 2.18 bits per heavy atom. The van der Waals surface area contributed by atoms with Crippen LogP contribution in [0, 0.1) is 0 Å². The molecule has 0 bridgehead atoms. The van der Waals surface area contributed by atoms with Gasteiger partial charge in [0.05, 0.1) is 5.92 Å². The van der Waals surface area contributed by atoms with E-state index in [4.69, 9.17) is 9.26 Å². The van der Waals surface area contributed by atoms with Crippen molar-refractivity contribution in [3.8, 4) is 0 Å². The van der Waals surface area contributed by atoms with Crippen molar-refractivity contribution >= 4 is 5.78 Å². The van der Waals surface area contributed by atoms with Crippen LogP contribution in [-0.2, 0) is 15.1 Å². The second-order valence-corrected chi connectivity index (χ2v) is 4.29. The molecule has 0 saturated carbocycles. The summed E-state index contributed by atoms with van der Waals surface area (Å²) in [6.45, 7) is 7.48. The zero-order valence-electron chi connectivity index (χ0n) is 11.1. The third-order valence-corrected chi connectivity index (χ3v) is 3.24. The van der Waals surface area contributed by atoms with Gasteiger partial charge in [-0.3, -0.25) is 4.79 Å². The molecule has 1 aromatic rings. The predicted molar refractivity (Wildman–Crippen MR) is 62.7 cm³/mol. The van der Waals surface area contributed by atoms with E-state index in [1.807, 2.05) is 20.8 Å². The summed E-state index contributed by atoms with van der Waals surface area (Å²) in [5, 5.41) is 3.90. The Bertz CT molecular complexity index is 383. The Hall–Kier alpha value is -1.23. The summed E-state index contributed by atoms with van der Waals surface area (Å²) >= 11 is 0. The van der Waals surface area contributed by atoms with E-state index in [1.54, 1.807) is 14.0 Å². The predicted octanol–water partition coefficient (Wildman–Crippen LogP) is 2.42. The zero-order chi connectivity index (χ0) is 13.1. The lowest BCUT2D eigenvalue weighted by atomic mass is 10.0. The molecule has 1 heterocycles. The summed E-state index contributed by atoms with van der Waals surface area (Å²) in [6, 6.07) is 0. The number of methoxy groups -OCH3 is 1. The minimum absolute atomic E-state index is 0.0934. The molecule has 5 nitrogen and oxygen atoms in total. The Kier molecular flexibility index (Phi) is 4.40. The van der Waals surface area contributed by atoms with E-state index in [9.17, 15) is 4.79 Å². The van der Waals surface area contributed by atoms with Crippen molar-refractivity contribution in [3.63, 3.8) is 0 Å². The highest BCUT2D eigenvalue weighted by Crippen LogP contribution is 2.27. The summed E-state index contributed by atoms with van der Waals surface area (Å²) in [6.07, 6.45) is 1.20. The number of ketones is 1. The van der Waals surface area contributed by atoms with Crippen LogP contribution in [0.25, 0.3) is 0 Å². The molecule has 17 heavy (non-hydrogen) atoms. The molecule has 0 aliphatic heterocycles. The van der Waals surface area contributed by atoms with Crippen LogP contribution < -0.4 is 0 Å². The Morgan fingerprint density at radius 3 is 2.65 bits per heavy atom. The van der Waals surface area contributed by atoms with Gasteiger partial charge < -0.3 is 9.26 Å². The highest BCUT2D eigenvalue weighted by molar-refractivity contribution is 5.83. The first kappa shape index (κ1) is 13.8. The van der Waals surface area contributed by atoms with Gasteiger partial charge in [0.15, 0.2) is 0 Å². The molecule has 0 aliphatic rings. The van der Waals surface area contributed by atoms with Gasteiger partial charge in [0, 0.05) is 13.5 Å². The maximum Gasteiger partial charge on any atom is 0.237 e. The molecular formula is C12H20N2O3. The molecule has 0 aliphatic carbocycles. The second kappa shape index (κ2) is 5.40. The smallest absolute Gasteiger partial charge is 0.237 e. The van der Waals surface area contributed by atoms with Gasteiger partial charge in [-0.05, 0) is 20.3 Å². The lowest BCUT2D eigenvalue weighted by Crippen LogP contribution is -2.25. The molecule has 1 rings (SSSR count). The van der Waals surface area contributed by atoms with Gasteiger partial charge in [-0.1, -0.05) is 19.0 Å². The molecule has 96 valence electrons. The second-order valence-electron chi connectivity index (χ2n) is 4.29. The number of carbonyl (C=O) groups excluding carboxylic acids is 1. The lowest BCUT2D eigenvalue weighted by Gasteiger charge is -2.21. The third-order valence-electron chi connectivity index (χ3n) is 3.24. The fourth-order valence-electron chi connectivity index (χ4n) is 1.46. The Morgan fingerprint density at radius 1 is 1.53 bits per heavy atom. The minimum Gasteiger partial charge on any atom is -0.370 e. The van der Waals surface area contributed by atoms with E-state index in [1.165, 1.54) is 0 Å². The van der Waals surface area contributed by atoms with Crippen molar-refractivity contribution in [2.75, 3.05) is 7.11 Å². The topological polar surface area (TPSA) is 65.2 Å². The van der Waals surface area contributed by atoms with Crippen molar-refractivity contribution in [1.29, 1.82) is 0 Å². The zero-order valence-corrected chi connectivity index (χ0v) is 11.1. The molecule has 0 amide bonds. The summed E-state index contributed by atoms with van der Waals surface area (Å²) in [5.41, 5.74) is -0.559. The first-order valence-corrected chi connectivity index (χ1v) is 5.90. The normalized spacial score (nSPS) is 16.5. The molecule has 0 aromatic carbocycles. The number of carbonyl (C=O) groups is 1. The highest BCUT2D eigenvalue weighted by Gasteiger charge is 2.31. The van der Waals surface area contributed by atoms with E-state index in [2.05, 4.69) is 10.1 Å². The van der Waals surface area contributed by atoms with Crippen molar-refractivity contribution in [2.45, 2.75) is 52.1 Å². The van der Waals surface area contributed by atoms with Gasteiger partial charge in [-0.25, -0.2) is 0 Å². The number of nitrogens with zero attached hydrogens (tertiary/aromatic N) is 2. The first-order chi connectivity index (χ1) is 7.98. The van der Waals surface area contributed by atoms with Crippen LogP contribution in [0.2, 0.25) is 0 Å². The summed E-state index contributed by atoms with van der Waals surface area (Å²) in [4.78, 5) is 15.8. The number of rotatable bonds is 6. The average Bonchev–Trinajstić information content (AvgIpc) is 2.85. The first-order valence-electron chi connectivity index (χ1n) is 5.90. The van der Waals surface area contributed by atoms with Gasteiger partial charge in [0.25, 0.3) is 0 Å². The number of aromatic nitrogens is 2. The molecule has 0 N–H and O–H groups in total. The molecule has 0 fully saturated rings. The summed E-state index contributed by atoms with van der Waals surface area (Å²) < 4.78 is 10.5. The van der Waals surface area contributed by atoms with Crippen LogP contribution in [0.1, 0.15) is 58.2 Å². The molecule has 1 aromatic heterocycles. The van der Waals surface area contributed by atoms with Crippen molar-refractivity contribution in [1.82, 2.24) is 10.1 Å².